The highest BCUT2D eigenvalue weighted by atomic mass is 32.2. The van der Waals surface area contributed by atoms with Gasteiger partial charge in [0.05, 0.1) is 17.6 Å². The fraction of sp³-hybridized carbons (Fsp3) is 0.583. The standard InChI is InChI=1S/C12H19N3S/c1-9(13)12-4-3-10(7-14-12)15(2)11-5-6-16-8-11/h3-4,7,9,11H,5-6,8,13H2,1-2H3. The summed E-state index contributed by atoms with van der Waals surface area (Å²) in [6.45, 7) is 1.96. The number of nitrogens with zero attached hydrogens (tertiary/aromatic N) is 2. The fourth-order valence-corrected chi connectivity index (χ4v) is 3.18. The molecule has 0 bridgehead atoms. The highest BCUT2D eigenvalue weighted by Gasteiger charge is 2.20. The Kier molecular flexibility index (Phi) is 3.71. The van der Waals surface area contributed by atoms with Gasteiger partial charge in [-0.25, -0.2) is 0 Å². The first kappa shape index (κ1) is 11.7. The maximum atomic E-state index is 5.78. The number of hydrogen-bond donors (Lipinski definition) is 1. The third-order valence-corrected chi connectivity index (χ3v) is 4.24. The molecule has 2 unspecified atom stereocenters. The van der Waals surface area contributed by atoms with Crippen molar-refractivity contribution in [1.29, 1.82) is 0 Å². The first-order chi connectivity index (χ1) is 7.68. The van der Waals surface area contributed by atoms with Gasteiger partial charge >= 0.3 is 0 Å². The molecule has 1 aromatic rings. The molecule has 2 heterocycles. The van der Waals surface area contributed by atoms with Crippen molar-refractivity contribution in [3.8, 4) is 0 Å². The summed E-state index contributed by atoms with van der Waals surface area (Å²) in [4.78, 5) is 6.73. The zero-order chi connectivity index (χ0) is 11.5. The topological polar surface area (TPSA) is 42.1 Å². The van der Waals surface area contributed by atoms with Crippen molar-refractivity contribution in [2.24, 2.45) is 5.73 Å². The van der Waals surface area contributed by atoms with Crippen molar-refractivity contribution in [3.63, 3.8) is 0 Å². The van der Waals surface area contributed by atoms with E-state index >= 15 is 0 Å². The summed E-state index contributed by atoms with van der Waals surface area (Å²) in [6, 6.07) is 4.82. The Morgan fingerprint density at radius 3 is 2.88 bits per heavy atom. The highest BCUT2D eigenvalue weighted by Crippen LogP contribution is 2.25. The van der Waals surface area contributed by atoms with Crippen LogP contribution in [0.2, 0.25) is 0 Å². The molecule has 88 valence electrons. The smallest absolute Gasteiger partial charge is 0.0569 e. The van der Waals surface area contributed by atoms with E-state index in [1.807, 2.05) is 30.9 Å². The first-order valence-corrected chi connectivity index (χ1v) is 6.86. The molecule has 1 aliphatic heterocycles. The van der Waals surface area contributed by atoms with Crippen LogP contribution in [0.5, 0.6) is 0 Å². The average molecular weight is 237 g/mol. The summed E-state index contributed by atoms with van der Waals surface area (Å²) in [7, 11) is 2.15. The van der Waals surface area contributed by atoms with Crippen LogP contribution in [-0.4, -0.2) is 29.6 Å². The van der Waals surface area contributed by atoms with Crippen molar-refractivity contribution < 1.29 is 0 Å². The summed E-state index contributed by atoms with van der Waals surface area (Å²) >= 11 is 2.03. The molecule has 0 amide bonds. The van der Waals surface area contributed by atoms with Crippen LogP contribution in [-0.2, 0) is 0 Å². The molecular weight excluding hydrogens is 218 g/mol. The molecule has 16 heavy (non-hydrogen) atoms. The zero-order valence-corrected chi connectivity index (χ0v) is 10.7. The van der Waals surface area contributed by atoms with Crippen LogP contribution in [0, 0.1) is 0 Å². The lowest BCUT2D eigenvalue weighted by Crippen LogP contribution is -2.31. The Bertz CT molecular complexity index is 331. The normalized spacial score (nSPS) is 22.1. The van der Waals surface area contributed by atoms with Crippen LogP contribution < -0.4 is 10.6 Å². The third kappa shape index (κ3) is 2.50. The molecule has 1 aromatic heterocycles. The minimum atomic E-state index is 0.0152. The lowest BCUT2D eigenvalue weighted by molar-refractivity contribution is 0.696. The summed E-state index contributed by atoms with van der Waals surface area (Å²) in [5.41, 5.74) is 7.93. The maximum absolute atomic E-state index is 5.78. The number of hydrogen-bond acceptors (Lipinski definition) is 4. The second kappa shape index (κ2) is 5.06. The van der Waals surface area contributed by atoms with Crippen LogP contribution >= 0.6 is 11.8 Å². The number of rotatable bonds is 3. The lowest BCUT2D eigenvalue weighted by Gasteiger charge is -2.25. The molecule has 2 rings (SSSR count). The predicted molar refractivity (Wildman–Crippen MR) is 71.0 cm³/mol. The maximum Gasteiger partial charge on any atom is 0.0569 e. The summed E-state index contributed by atoms with van der Waals surface area (Å²) in [5, 5.41) is 0. The minimum absolute atomic E-state index is 0.0152. The summed E-state index contributed by atoms with van der Waals surface area (Å²) < 4.78 is 0. The van der Waals surface area contributed by atoms with Gasteiger partial charge in [0, 0.05) is 24.9 Å². The van der Waals surface area contributed by atoms with Crippen molar-refractivity contribution in [2.75, 3.05) is 23.5 Å². The zero-order valence-electron chi connectivity index (χ0n) is 9.89. The van der Waals surface area contributed by atoms with E-state index in [1.54, 1.807) is 0 Å². The molecule has 1 aliphatic rings. The van der Waals surface area contributed by atoms with Crippen molar-refractivity contribution in [2.45, 2.75) is 25.4 Å². The molecule has 1 saturated heterocycles. The Labute approximate surface area is 101 Å². The van der Waals surface area contributed by atoms with Gasteiger partial charge in [-0.3, -0.25) is 4.98 Å². The second-order valence-corrected chi connectivity index (χ2v) is 5.51. The Hall–Kier alpha value is -0.740. The van der Waals surface area contributed by atoms with Gasteiger partial charge in [0.25, 0.3) is 0 Å². The Morgan fingerprint density at radius 1 is 1.56 bits per heavy atom. The molecule has 0 spiro atoms. The quantitative estimate of drug-likeness (QED) is 0.873. The molecule has 3 nitrogen and oxygen atoms in total. The van der Waals surface area contributed by atoms with Crippen LogP contribution in [0.1, 0.15) is 25.1 Å². The SMILES string of the molecule is CC(N)c1ccc(N(C)C2CCSC2)cn1. The second-order valence-electron chi connectivity index (χ2n) is 4.36. The Morgan fingerprint density at radius 2 is 2.38 bits per heavy atom. The van der Waals surface area contributed by atoms with E-state index in [4.69, 9.17) is 5.73 Å². The molecular formula is C12H19N3S. The average Bonchev–Trinajstić information content (AvgIpc) is 2.81. The van der Waals surface area contributed by atoms with Gasteiger partial charge in [-0.05, 0) is 31.2 Å². The van der Waals surface area contributed by atoms with E-state index in [2.05, 4.69) is 23.0 Å². The predicted octanol–water partition coefficient (Wildman–Crippen LogP) is 2.04. The molecule has 0 aromatic carbocycles. The molecule has 2 N–H and O–H groups in total. The van der Waals surface area contributed by atoms with Crippen molar-refractivity contribution >= 4 is 17.4 Å². The molecule has 2 atom stereocenters. The molecule has 1 fully saturated rings. The van der Waals surface area contributed by atoms with Crippen LogP contribution in [0.3, 0.4) is 0 Å². The van der Waals surface area contributed by atoms with Crippen molar-refractivity contribution in [1.82, 2.24) is 4.98 Å². The van der Waals surface area contributed by atoms with E-state index in [-0.39, 0.29) is 6.04 Å². The van der Waals surface area contributed by atoms with E-state index in [0.29, 0.717) is 6.04 Å². The number of pyridine rings is 1. The number of thioether (sulfide) groups is 1. The lowest BCUT2D eigenvalue weighted by atomic mass is 10.2. The van der Waals surface area contributed by atoms with E-state index in [0.717, 1.165) is 5.69 Å². The van der Waals surface area contributed by atoms with Crippen LogP contribution in [0.25, 0.3) is 0 Å². The van der Waals surface area contributed by atoms with Gasteiger partial charge in [-0.15, -0.1) is 0 Å². The largest absolute Gasteiger partial charge is 0.370 e. The van der Waals surface area contributed by atoms with Crippen LogP contribution in [0.15, 0.2) is 18.3 Å². The molecule has 4 heteroatoms. The third-order valence-electron chi connectivity index (χ3n) is 3.10. The van der Waals surface area contributed by atoms with E-state index in [9.17, 15) is 0 Å². The fourth-order valence-electron chi connectivity index (χ4n) is 1.91. The van der Waals surface area contributed by atoms with E-state index < -0.39 is 0 Å². The van der Waals surface area contributed by atoms with Gasteiger partial charge in [0.2, 0.25) is 0 Å². The summed E-state index contributed by atoms with van der Waals surface area (Å²) in [5.74, 6) is 2.51. The monoisotopic (exact) mass is 237 g/mol. The number of aromatic nitrogens is 1. The number of anilines is 1. The highest BCUT2D eigenvalue weighted by molar-refractivity contribution is 7.99. The van der Waals surface area contributed by atoms with Crippen molar-refractivity contribution in [3.05, 3.63) is 24.0 Å². The van der Waals surface area contributed by atoms with Gasteiger partial charge in [-0.2, -0.15) is 11.8 Å². The molecule has 0 aliphatic carbocycles. The molecule has 0 radical (unpaired) electrons. The number of nitrogens with two attached hydrogens (primary N) is 1. The first-order valence-electron chi connectivity index (χ1n) is 5.70. The van der Waals surface area contributed by atoms with Gasteiger partial charge < -0.3 is 10.6 Å². The van der Waals surface area contributed by atoms with Gasteiger partial charge in [-0.1, -0.05) is 0 Å². The molecule has 0 saturated carbocycles. The van der Waals surface area contributed by atoms with Gasteiger partial charge in [0.15, 0.2) is 0 Å². The van der Waals surface area contributed by atoms with Crippen LogP contribution in [0.4, 0.5) is 5.69 Å². The minimum Gasteiger partial charge on any atom is -0.370 e. The van der Waals surface area contributed by atoms with E-state index in [1.165, 1.54) is 23.6 Å². The summed E-state index contributed by atoms with van der Waals surface area (Å²) in [6.07, 6.45) is 3.21. The Balaban J connectivity index is 2.08. The van der Waals surface area contributed by atoms with Gasteiger partial charge in [0.1, 0.15) is 0 Å².